The standard InChI is InChI=1S/C14H21N3/c1-11-4-5-13(16-7-11)9-17-8-12-3-2-6-15-14(12)10-17/h4-5,7,12,14-15H,2-3,6,8-10H2,1H3/t12-,14+/m0/s1. The summed E-state index contributed by atoms with van der Waals surface area (Å²) < 4.78 is 0. The molecule has 0 bridgehead atoms. The van der Waals surface area contributed by atoms with E-state index in [1.54, 1.807) is 0 Å². The van der Waals surface area contributed by atoms with Gasteiger partial charge in [0.2, 0.25) is 0 Å². The van der Waals surface area contributed by atoms with Crippen LogP contribution in [-0.4, -0.2) is 35.6 Å². The molecule has 92 valence electrons. The van der Waals surface area contributed by atoms with E-state index in [1.807, 2.05) is 6.20 Å². The minimum absolute atomic E-state index is 0.731. The lowest BCUT2D eigenvalue weighted by Crippen LogP contribution is -2.40. The lowest BCUT2D eigenvalue weighted by Gasteiger charge is -2.24. The van der Waals surface area contributed by atoms with Gasteiger partial charge in [-0.3, -0.25) is 9.88 Å². The Balaban J connectivity index is 1.61. The van der Waals surface area contributed by atoms with Crippen LogP contribution in [0.1, 0.15) is 24.1 Å². The molecule has 0 aliphatic carbocycles. The van der Waals surface area contributed by atoms with Crippen molar-refractivity contribution in [3.63, 3.8) is 0 Å². The molecule has 0 unspecified atom stereocenters. The highest BCUT2D eigenvalue weighted by atomic mass is 15.2. The van der Waals surface area contributed by atoms with E-state index in [2.05, 4.69) is 34.3 Å². The van der Waals surface area contributed by atoms with Crippen LogP contribution in [0.2, 0.25) is 0 Å². The molecule has 17 heavy (non-hydrogen) atoms. The molecule has 1 N–H and O–H groups in total. The van der Waals surface area contributed by atoms with Gasteiger partial charge in [0, 0.05) is 31.9 Å². The van der Waals surface area contributed by atoms with Gasteiger partial charge in [0.05, 0.1) is 5.69 Å². The third-order valence-electron chi connectivity index (χ3n) is 4.03. The van der Waals surface area contributed by atoms with Gasteiger partial charge in [-0.05, 0) is 43.9 Å². The molecule has 2 fully saturated rings. The van der Waals surface area contributed by atoms with Crippen LogP contribution in [0.4, 0.5) is 0 Å². The maximum Gasteiger partial charge on any atom is 0.0544 e. The second-order valence-electron chi connectivity index (χ2n) is 5.48. The van der Waals surface area contributed by atoms with E-state index in [0.717, 1.165) is 18.5 Å². The van der Waals surface area contributed by atoms with Crippen molar-refractivity contribution in [1.29, 1.82) is 0 Å². The first kappa shape index (κ1) is 11.2. The molecule has 2 atom stereocenters. The Labute approximate surface area is 103 Å². The fraction of sp³-hybridized carbons (Fsp3) is 0.643. The Morgan fingerprint density at radius 1 is 1.41 bits per heavy atom. The Hall–Kier alpha value is -0.930. The zero-order valence-corrected chi connectivity index (χ0v) is 10.5. The van der Waals surface area contributed by atoms with Crippen molar-refractivity contribution in [3.8, 4) is 0 Å². The smallest absolute Gasteiger partial charge is 0.0544 e. The van der Waals surface area contributed by atoms with E-state index < -0.39 is 0 Å². The van der Waals surface area contributed by atoms with E-state index in [4.69, 9.17) is 0 Å². The molecule has 3 heterocycles. The van der Waals surface area contributed by atoms with Crippen molar-refractivity contribution >= 4 is 0 Å². The molecule has 3 rings (SSSR count). The van der Waals surface area contributed by atoms with Crippen LogP contribution in [-0.2, 0) is 6.54 Å². The SMILES string of the molecule is Cc1ccc(CN2C[C@@H]3CCCN[C@@H]3C2)nc1. The van der Waals surface area contributed by atoms with Gasteiger partial charge in [0.25, 0.3) is 0 Å². The number of fused-ring (bicyclic) bond motifs is 1. The molecule has 0 radical (unpaired) electrons. The van der Waals surface area contributed by atoms with Crippen LogP contribution in [0.3, 0.4) is 0 Å². The first-order valence-corrected chi connectivity index (χ1v) is 6.68. The molecular formula is C14H21N3. The minimum Gasteiger partial charge on any atom is -0.312 e. The lowest BCUT2D eigenvalue weighted by molar-refractivity contribution is 0.309. The fourth-order valence-electron chi connectivity index (χ4n) is 3.09. The summed E-state index contributed by atoms with van der Waals surface area (Å²) in [6.45, 7) is 6.74. The van der Waals surface area contributed by atoms with Crippen molar-refractivity contribution in [2.24, 2.45) is 5.92 Å². The average molecular weight is 231 g/mol. The summed E-state index contributed by atoms with van der Waals surface area (Å²) in [7, 11) is 0. The van der Waals surface area contributed by atoms with E-state index in [9.17, 15) is 0 Å². The number of rotatable bonds is 2. The van der Waals surface area contributed by atoms with Crippen molar-refractivity contribution in [2.45, 2.75) is 32.4 Å². The van der Waals surface area contributed by atoms with Crippen molar-refractivity contribution < 1.29 is 0 Å². The molecule has 1 aromatic rings. The maximum absolute atomic E-state index is 4.50. The van der Waals surface area contributed by atoms with Gasteiger partial charge in [-0.2, -0.15) is 0 Å². The first-order chi connectivity index (χ1) is 8.31. The molecule has 3 nitrogen and oxygen atoms in total. The van der Waals surface area contributed by atoms with Crippen LogP contribution in [0.25, 0.3) is 0 Å². The summed E-state index contributed by atoms with van der Waals surface area (Å²) >= 11 is 0. The van der Waals surface area contributed by atoms with Crippen LogP contribution in [0, 0.1) is 12.8 Å². The van der Waals surface area contributed by atoms with Gasteiger partial charge >= 0.3 is 0 Å². The van der Waals surface area contributed by atoms with Crippen molar-refractivity contribution in [2.75, 3.05) is 19.6 Å². The molecule has 3 heteroatoms. The van der Waals surface area contributed by atoms with Gasteiger partial charge < -0.3 is 5.32 Å². The van der Waals surface area contributed by atoms with E-state index in [-0.39, 0.29) is 0 Å². The number of hydrogen-bond acceptors (Lipinski definition) is 3. The largest absolute Gasteiger partial charge is 0.312 e. The Bertz CT molecular complexity index is 360. The molecule has 2 aliphatic rings. The molecule has 2 aliphatic heterocycles. The highest BCUT2D eigenvalue weighted by Crippen LogP contribution is 2.25. The normalized spacial score (nSPS) is 29.2. The van der Waals surface area contributed by atoms with Crippen molar-refractivity contribution in [3.05, 3.63) is 29.6 Å². The monoisotopic (exact) mass is 231 g/mol. The summed E-state index contributed by atoms with van der Waals surface area (Å²) in [5, 5.41) is 3.64. The Kier molecular flexibility index (Phi) is 3.12. The lowest BCUT2D eigenvalue weighted by atomic mass is 9.94. The van der Waals surface area contributed by atoms with E-state index in [1.165, 1.54) is 43.7 Å². The number of likely N-dealkylation sites (tertiary alicyclic amines) is 1. The second-order valence-corrected chi connectivity index (χ2v) is 5.48. The second kappa shape index (κ2) is 4.75. The number of aryl methyl sites for hydroxylation is 1. The molecule has 0 aromatic carbocycles. The summed E-state index contributed by atoms with van der Waals surface area (Å²) in [4.78, 5) is 7.04. The molecule has 0 spiro atoms. The van der Waals surface area contributed by atoms with E-state index >= 15 is 0 Å². The fourth-order valence-corrected chi connectivity index (χ4v) is 3.09. The predicted molar refractivity (Wildman–Crippen MR) is 68.8 cm³/mol. The quantitative estimate of drug-likeness (QED) is 0.837. The molecule has 1 aromatic heterocycles. The highest BCUT2D eigenvalue weighted by Gasteiger charge is 2.33. The Morgan fingerprint density at radius 3 is 3.12 bits per heavy atom. The highest BCUT2D eigenvalue weighted by molar-refractivity contribution is 5.12. The van der Waals surface area contributed by atoms with Gasteiger partial charge in [0.15, 0.2) is 0 Å². The number of piperidine rings is 1. The third-order valence-corrected chi connectivity index (χ3v) is 4.03. The van der Waals surface area contributed by atoms with Gasteiger partial charge in [0.1, 0.15) is 0 Å². The van der Waals surface area contributed by atoms with Gasteiger partial charge in [-0.25, -0.2) is 0 Å². The number of nitrogens with zero attached hydrogens (tertiary/aromatic N) is 2. The van der Waals surface area contributed by atoms with Crippen LogP contribution < -0.4 is 5.32 Å². The van der Waals surface area contributed by atoms with E-state index in [0.29, 0.717) is 0 Å². The predicted octanol–water partition coefficient (Wildman–Crippen LogP) is 1.57. The molecule has 0 saturated carbocycles. The number of pyridine rings is 1. The Morgan fingerprint density at radius 2 is 2.35 bits per heavy atom. The summed E-state index contributed by atoms with van der Waals surface area (Å²) in [6.07, 6.45) is 4.71. The molecule has 0 amide bonds. The zero-order chi connectivity index (χ0) is 11.7. The van der Waals surface area contributed by atoms with Crippen LogP contribution in [0.15, 0.2) is 18.3 Å². The summed E-state index contributed by atoms with van der Waals surface area (Å²) in [5.41, 5.74) is 2.44. The maximum atomic E-state index is 4.50. The van der Waals surface area contributed by atoms with Gasteiger partial charge in [-0.15, -0.1) is 0 Å². The zero-order valence-electron chi connectivity index (χ0n) is 10.5. The third kappa shape index (κ3) is 2.50. The average Bonchev–Trinajstić information content (AvgIpc) is 2.74. The molecular weight excluding hydrogens is 210 g/mol. The first-order valence-electron chi connectivity index (χ1n) is 6.68. The number of aromatic nitrogens is 1. The van der Waals surface area contributed by atoms with Gasteiger partial charge in [-0.1, -0.05) is 6.07 Å². The molecule has 2 saturated heterocycles. The van der Waals surface area contributed by atoms with Crippen LogP contribution in [0.5, 0.6) is 0 Å². The minimum atomic E-state index is 0.731. The van der Waals surface area contributed by atoms with Crippen LogP contribution >= 0.6 is 0 Å². The number of nitrogens with one attached hydrogen (secondary N) is 1. The number of hydrogen-bond donors (Lipinski definition) is 1. The topological polar surface area (TPSA) is 28.2 Å². The summed E-state index contributed by atoms with van der Waals surface area (Å²) in [6, 6.07) is 5.04. The van der Waals surface area contributed by atoms with Crippen molar-refractivity contribution in [1.82, 2.24) is 15.2 Å². The summed E-state index contributed by atoms with van der Waals surface area (Å²) in [5.74, 6) is 0.870.